The van der Waals surface area contributed by atoms with Gasteiger partial charge in [0.15, 0.2) is 0 Å². The maximum atomic E-state index is 8.83. The molecule has 4 N–H and O–H groups in total. The first-order valence-electron chi connectivity index (χ1n) is 5.03. The summed E-state index contributed by atoms with van der Waals surface area (Å²) in [5.41, 5.74) is 7.34. The van der Waals surface area contributed by atoms with E-state index in [-0.39, 0.29) is 12.6 Å². The van der Waals surface area contributed by atoms with E-state index in [1.807, 2.05) is 13.0 Å². The fourth-order valence-corrected chi connectivity index (χ4v) is 1.71. The van der Waals surface area contributed by atoms with Crippen molar-refractivity contribution in [1.82, 2.24) is 0 Å². The minimum Gasteiger partial charge on any atom is -0.494 e. The molecular weight excluding hydrogens is 228 g/mol. The molecule has 16 heavy (non-hydrogen) atoms. The zero-order valence-corrected chi connectivity index (χ0v) is 10.2. The molecule has 0 amide bonds. The lowest BCUT2D eigenvalue weighted by Gasteiger charge is -2.16. The minimum atomic E-state index is -0.302. The Balaban J connectivity index is 2.85. The molecule has 0 saturated carbocycles. The second kappa shape index (κ2) is 5.94. The summed E-state index contributed by atoms with van der Waals surface area (Å²) in [6.45, 7) is 2.32. The quantitative estimate of drug-likeness (QED) is 0.732. The second-order valence-electron chi connectivity index (χ2n) is 3.63. The maximum absolute atomic E-state index is 8.83. The van der Waals surface area contributed by atoms with Crippen molar-refractivity contribution in [3.8, 4) is 5.75 Å². The van der Waals surface area contributed by atoms with Crippen LogP contribution in [0.3, 0.4) is 0 Å². The highest BCUT2D eigenvalue weighted by Crippen LogP contribution is 2.31. The van der Waals surface area contributed by atoms with E-state index in [2.05, 4.69) is 5.32 Å². The van der Waals surface area contributed by atoms with Crippen LogP contribution >= 0.6 is 11.6 Å². The van der Waals surface area contributed by atoms with Crippen LogP contribution < -0.4 is 15.8 Å². The number of rotatable bonds is 5. The SMILES string of the molecule is COc1c(C)cc(Cl)cc1NCC(N)CO. The van der Waals surface area contributed by atoms with Gasteiger partial charge in [0.25, 0.3) is 0 Å². The predicted molar refractivity (Wildman–Crippen MR) is 66.3 cm³/mol. The first-order chi connectivity index (χ1) is 7.58. The van der Waals surface area contributed by atoms with Gasteiger partial charge in [-0.2, -0.15) is 0 Å². The molecule has 1 aromatic rings. The van der Waals surface area contributed by atoms with E-state index >= 15 is 0 Å². The summed E-state index contributed by atoms with van der Waals surface area (Å²) in [7, 11) is 1.60. The van der Waals surface area contributed by atoms with E-state index in [9.17, 15) is 0 Å². The lowest BCUT2D eigenvalue weighted by atomic mass is 10.2. The van der Waals surface area contributed by atoms with Crippen LogP contribution in [0.5, 0.6) is 5.75 Å². The number of anilines is 1. The number of methoxy groups -OCH3 is 1. The Bertz CT molecular complexity index is 358. The number of aliphatic hydroxyl groups is 1. The van der Waals surface area contributed by atoms with Gasteiger partial charge < -0.3 is 20.9 Å². The number of halogens is 1. The Morgan fingerprint density at radius 1 is 1.56 bits per heavy atom. The van der Waals surface area contributed by atoms with Crippen molar-refractivity contribution in [1.29, 1.82) is 0 Å². The van der Waals surface area contributed by atoms with Crippen LogP contribution in [-0.2, 0) is 0 Å². The minimum absolute atomic E-state index is 0.0607. The molecule has 0 aliphatic rings. The molecule has 90 valence electrons. The van der Waals surface area contributed by atoms with Crippen LogP contribution in [0, 0.1) is 6.92 Å². The lowest BCUT2D eigenvalue weighted by molar-refractivity contribution is 0.270. The van der Waals surface area contributed by atoms with Crippen molar-refractivity contribution in [3.05, 3.63) is 22.7 Å². The van der Waals surface area contributed by atoms with Gasteiger partial charge in [-0.3, -0.25) is 0 Å². The van der Waals surface area contributed by atoms with Crippen LogP contribution in [0.25, 0.3) is 0 Å². The monoisotopic (exact) mass is 244 g/mol. The first-order valence-corrected chi connectivity index (χ1v) is 5.40. The topological polar surface area (TPSA) is 67.5 Å². The van der Waals surface area contributed by atoms with Crippen LogP contribution in [0.2, 0.25) is 5.02 Å². The summed E-state index contributed by atoms with van der Waals surface area (Å²) in [6, 6.07) is 3.30. The smallest absolute Gasteiger partial charge is 0.144 e. The molecule has 0 saturated heterocycles. The average molecular weight is 245 g/mol. The van der Waals surface area contributed by atoms with Gasteiger partial charge in [0.1, 0.15) is 5.75 Å². The Morgan fingerprint density at radius 2 is 2.25 bits per heavy atom. The fraction of sp³-hybridized carbons (Fsp3) is 0.455. The summed E-state index contributed by atoms with van der Waals surface area (Å²) in [5, 5.41) is 12.6. The Labute approximate surface area is 100 Å². The van der Waals surface area contributed by atoms with Crippen molar-refractivity contribution >= 4 is 17.3 Å². The molecule has 1 atom stereocenters. The van der Waals surface area contributed by atoms with Crippen molar-refractivity contribution in [2.75, 3.05) is 25.6 Å². The largest absolute Gasteiger partial charge is 0.494 e. The third-order valence-corrected chi connectivity index (χ3v) is 2.45. The van der Waals surface area contributed by atoms with Crippen LogP contribution in [0.1, 0.15) is 5.56 Å². The van der Waals surface area contributed by atoms with E-state index < -0.39 is 0 Å². The van der Waals surface area contributed by atoms with Crippen LogP contribution in [0.4, 0.5) is 5.69 Å². The molecule has 0 bridgehead atoms. The Kier molecular flexibility index (Phi) is 4.86. The van der Waals surface area contributed by atoms with Gasteiger partial charge >= 0.3 is 0 Å². The number of nitrogens with two attached hydrogens (primary N) is 1. The van der Waals surface area contributed by atoms with E-state index in [4.69, 9.17) is 27.2 Å². The normalized spacial score (nSPS) is 12.3. The van der Waals surface area contributed by atoms with E-state index in [0.29, 0.717) is 11.6 Å². The van der Waals surface area contributed by atoms with Crippen LogP contribution in [-0.4, -0.2) is 31.4 Å². The molecule has 0 radical (unpaired) electrons. The van der Waals surface area contributed by atoms with Gasteiger partial charge in [-0.25, -0.2) is 0 Å². The number of hydrogen-bond acceptors (Lipinski definition) is 4. The summed E-state index contributed by atoms with van der Waals surface area (Å²) in [5.74, 6) is 0.745. The average Bonchev–Trinajstić information content (AvgIpc) is 2.25. The Morgan fingerprint density at radius 3 is 2.81 bits per heavy atom. The third-order valence-electron chi connectivity index (χ3n) is 2.23. The number of benzene rings is 1. The maximum Gasteiger partial charge on any atom is 0.144 e. The van der Waals surface area contributed by atoms with Crippen molar-refractivity contribution in [2.45, 2.75) is 13.0 Å². The standard InChI is InChI=1S/C11H17ClN2O2/c1-7-3-8(12)4-10(11(7)16-2)14-5-9(13)6-15/h3-4,9,14-15H,5-6,13H2,1-2H3. The molecule has 0 fully saturated rings. The van der Waals surface area contributed by atoms with Gasteiger partial charge in [-0.05, 0) is 24.6 Å². The predicted octanol–water partition coefficient (Wildman–Crippen LogP) is 1.39. The number of hydrogen-bond donors (Lipinski definition) is 3. The molecule has 1 aromatic carbocycles. The van der Waals surface area contributed by atoms with Crippen molar-refractivity contribution in [3.63, 3.8) is 0 Å². The van der Waals surface area contributed by atoms with E-state index in [0.717, 1.165) is 17.0 Å². The summed E-state index contributed by atoms with van der Waals surface area (Å²) in [4.78, 5) is 0. The molecule has 4 nitrogen and oxygen atoms in total. The lowest BCUT2D eigenvalue weighted by Crippen LogP contribution is -2.32. The highest BCUT2D eigenvalue weighted by molar-refractivity contribution is 6.31. The molecule has 0 aliphatic carbocycles. The van der Waals surface area contributed by atoms with Gasteiger partial charge in [0, 0.05) is 17.6 Å². The molecule has 1 rings (SSSR count). The summed E-state index contributed by atoms with van der Waals surface area (Å²) < 4.78 is 5.27. The van der Waals surface area contributed by atoms with E-state index in [1.54, 1.807) is 13.2 Å². The summed E-state index contributed by atoms with van der Waals surface area (Å²) >= 11 is 5.95. The fourth-order valence-electron chi connectivity index (χ4n) is 1.44. The highest BCUT2D eigenvalue weighted by atomic mass is 35.5. The molecule has 5 heteroatoms. The molecule has 0 aliphatic heterocycles. The molecule has 0 aromatic heterocycles. The molecule has 0 heterocycles. The number of aryl methyl sites for hydroxylation is 1. The molecule has 0 spiro atoms. The van der Waals surface area contributed by atoms with Gasteiger partial charge in [0.2, 0.25) is 0 Å². The Hall–Kier alpha value is -0.970. The zero-order valence-electron chi connectivity index (χ0n) is 9.46. The van der Waals surface area contributed by atoms with Gasteiger partial charge in [0.05, 0.1) is 19.4 Å². The molecule has 1 unspecified atom stereocenters. The first kappa shape index (κ1) is 13.1. The second-order valence-corrected chi connectivity index (χ2v) is 4.06. The number of aliphatic hydroxyl groups excluding tert-OH is 1. The summed E-state index contributed by atoms with van der Waals surface area (Å²) in [6.07, 6.45) is 0. The van der Waals surface area contributed by atoms with Gasteiger partial charge in [-0.1, -0.05) is 11.6 Å². The van der Waals surface area contributed by atoms with E-state index in [1.165, 1.54) is 0 Å². The van der Waals surface area contributed by atoms with Gasteiger partial charge in [-0.15, -0.1) is 0 Å². The van der Waals surface area contributed by atoms with Crippen molar-refractivity contribution < 1.29 is 9.84 Å². The number of ether oxygens (including phenoxy) is 1. The zero-order chi connectivity index (χ0) is 12.1. The molecular formula is C11H17ClN2O2. The number of nitrogens with one attached hydrogen (secondary N) is 1. The highest BCUT2D eigenvalue weighted by Gasteiger charge is 2.09. The third kappa shape index (κ3) is 3.27. The van der Waals surface area contributed by atoms with Crippen LogP contribution in [0.15, 0.2) is 12.1 Å². The van der Waals surface area contributed by atoms with Crippen molar-refractivity contribution in [2.24, 2.45) is 5.73 Å².